The van der Waals surface area contributed by atoms with Crippen LogP contribution in [0.15, 0.2) is 0 Å². The Bertz CT molecular complexity index is 11.5. The third-order valence-corrected chi connectivity index (χ3v) is 0. The van der Waals surface area contributed by atoms with Crippen molar-refractivity contribution >= 4 is 105 Å². The van der Waals surface area contributed by atoms with Crippen molar-refractivity contribution in [3.05, 3.63) is 0 Å². The Balaban J connectivity index is -0.000000000833. The molecule has 0 heterocycles. The van der Waals surface area contributed by atoms with Crippen LogP contribution in [0.2, 0.25) is 0 Å². The van der Waals surface area contributed by atoms with Crippen molar-refractivity contribution in [1.82, 2.24) is 0 Å². The van der Waals surface area contributed by atoms with Crippen LogP contribution in [0.3, 0.4) is 0 Å². The maximum absolute atomic E-state index is 8.28. The minimum absolute atomic E-state index is 0. The molecular formula is H9AlCa2O2S. The van der Waals surface area contributed by atoms with Gasteiger partial charge in [-0.2, -0.15) is 13.5 Å². The predicted molar refractivity (Wildman–Crippen MR) is 38.9 cm³/mol. The normalized spacial score (nSPS) is 0.500. The molecule has 2 N–H and O–H groups in total. The van der Waals surface area contributed by atoms with E-state index in [1.165, 1.54) is 0 Å². The van der Waals surface area contributed by atoms with Gasteiger partial charge in [0.2, 0.25) is 0 Å². The zero-order valence-electron chi connectivity index (χ0n) is 2.12. The molecule has 0 radical (unpaired) electrons. The molecule has 6 heteroatoms. The van der Waals surface area contributed by atoms with Crippen molar-refractivity contribution in [1.29, 1.82) is 0 Å². The Labute approximate surface area is 112 Å². The van der Waals surface area contributed by atoms with E-state index in [4.69, 9.17) is 3.80 Å². The first-order chi connectivity index (χ1) is 1.00. The summed E-state index contributed by atoms with van der Waals surface area (Å²) in [5, 5.41) is 0. The number of hydrogen-bond acceptors (Lipinski definition) is 1. The minimum atomic E-state index is 0. The molecule has 0 saturated carbocycles. The standard InChI is InChI=1S/Al.2Ca.H2O.O.H2S.5H/h;;;1H2;;1H2;;;;;. The summed E-state index contributed by atoms with van der Waals surface area (Å²) < 4.78 is 8.28. The topological polar surface area (TPSA) is 48.6 Å². The van der Waals surface area contributed by atoms with Crippen LogP contribution in [0.5, 0.6) is 0 Å². The van der Waals surface area contributed by atoms with Crippen LogP contribution in [-0.4, -0.2) is 97.2 Å². The van der Waals surface area contributed by atoms with Gasteiger partial charge in [-0.3, -0.25) is 0 Å². The first-order valence-electron chi connectivity index (χ1n) is 0.289. The number of rotatable bonds is 0. The van der Waals surface area contributed by atoms with Gasteiger partial charge in [0.25, 0.3) is 0 Å². The van der Waals surface area contributed by atoms with E-state index in [2.05, 4.69) is 0 Å². The molecule has 0 amide bonds. The molecule has 0 atom stereocenters. The van der Waals surface area contributed by atoms with Gasteiger partial charge in [0.15, 0.2) is 0 Å². The molecule has 0 aliphatic rings. The van der Waals surface area contributed by atoms with Gasteiger partial charge in [-0.05, 0) is 0 Å². The van der Waals surface area contributed by atoms with Crippen molar-refractivity contribution in [3.63, 3.8) is 0 Å². The number of hydrogen-bond donors (Lipinski definition) is 0. The average Bonchev–Trinajstić information content (AvgIpc) is 1.00. The second-order valence-corrected chi connectivity index (χ2v) is 0. The third-order valence-electron chi connectivity index (χ3n) is 0. The summed E-state index contributed by atoms with van der Waals surface area (Å²) >= 11 is 0.611. The monoisotopic (exact) mass is 180 g/mol. The van der Waals surface area contributed by atoms with E-state index in [0.717, 1.165) is 0 Å². The maximum atomic E-state index is 8.28. The van der Waals surface area contributed by atoms with E-state index in [9.17, 15) is 0 Å². The van der Waals surface area contributed by atoms with Gasteiger partial charge in [0.1, 0.15) is 0 Å². The van der Waals surface area contributed by atoms with Crippen LogP contribution in [0.1, 0.15) is 0 Å². The molecule has 0 aromatic rings. The van der Waals surface area contributed by atoms with Gasteiger partial charge in [0, 0.05) is 0 Å². The van der Waals surface area contributed by atoms with Gasteiger partial charge >= 0.3 is 95.5 Å². The molecule has 0 spiro atoms. The Morgan fingerprint density at radius 3 is 1.00 bits per heavy atom. The van der Waals surface area contributed by atoms with E-state index in [1.54, 1.807) is 0 Å². The molecule has 0 aromatic carbocycles. The molecule has 0 unspecified atom stereocenters. The van der Waals surface area contributed by atoms with Crippen molar-refractivity contribution < 1.29 is 9.28 Å². The summed E-state index contributed by atoms with van der Waals surface area (Å²) in [5.41, 5.74) is 0. The molecule has 0 aliphatic heterocycles. The quantitative estimate of drug-likeness (QED) is 0.360. The Hall–Kier alpha value is 3.16. The van der Waals surface area contributed by atoms with Crippen LogP contribution in [-0.2, 0) is 3.80 Å². The summed E-state index contributed by atoms with van der Waals surface area (Å²) in [6, 6.07) is 0. The molecule has 0 saturated heterocycles. The Morgan fingerprint density at radius 2 is 1.00 bits per heavy atom. The Kier molecular flexibility index (Phi) is 246. The van der Waals surface area contributed by atoms with Gasteiger partial charge in [-0.1, -0.05) is 0 Å². The van der Waals surface area contributed by atoms with Crippen LogP contribution < -0.4 is 0 Å². The van der Waals surface area contributed by atoms with Crippen molar-refractivity contribution in [2.24, 2.45) is 0 Å². The SMILES string of the molecule is O.S.[CaH2].[CaH2].[O]=[AlH]. The van der Waals surface area contributed by atoms with Crippen molar-refractivity contribution in [3.8, 4) is 0 Å². The summed E-state index contributed by atoms with van der Waals surface area (Å²) in [5.74, 6) is 0. The van der Waals surface area contributed by atoms with Gasteiger partial charge < -0.3 is 5.48 Å². The van der Waals surface area contributed by atoms with Crippen LogP contribution in [0.4, 0.5) is 0 Å². The zero-order valence-corrected chi connectivity index (χ0v) is 4.53. The van der Waals surface area contributed by atoms with Crippen LogP contribution in [0, 0.1) is 0 Å². The Morgan fingerprint density at radius 1 is 1.00 bits per heavy atom. The molecule has 0 bridgehead atoms. The third kappa shape index (κ3) is 27.2. The fourth-order valence-corrected chi connectivity index (χ4v) is 0. The van der Waals surface area contributed by atoms with E-state index < -0.39 is 0 Å². The summed E-state index contributed by atoms with van der Waals surface area (Å²) in [6.07, 6.45) is 0. The van der Waals surface area contributed by atoms with Gasteiger partial charge in [0.05, 0.1) is 0 Å². The molecule has 34 valence electrons. The molecule has 0 rings (SSSR count). The summed E-state index contributed by atoms with van der Waals surface area (Å²) in [6.45, 7) is 0. The summed E-state index contributed by atoms with van der Waals surface area (Å²) in [7, 11) is 0. The summed E-state index contributed by atoms with van der Waals surface area (Å²) in [4.78, 5) is 0. The van der Waals surface area contributed by atoms with E-state index in [1.807, 2.05) is 0 Å². The predicted octanol–water partition coefficient (Wildman–Crippen LogP) is -3.31. The second kappa shape index (κ2) is 41.9. The van der Waals surface area contributed by atoms with Gasteiger partial charge in [-0.15, -0.1) is 0 Å². The first kappa shape index (κ1) is 35.2. The zero-order chi connectivity index (χ0) is 2.00. The fourth-order valence-electron chi connectivity index (χ4n) is 0. The molecule has 0 aliphatic carbocycles. The van der Waals surface area contributed by atoms with E-state index >= 15 is 0 Å². The van der Waals surface area contributed by atoms with Crippen molar-refractivity contribution in [2.45, 2.75) is 0 Å². The first-order valence-corrected chi connectivity index (χ1v) is 0.866. The molecule has 0 aromatic heterocycles. The van der Waals surface area contributed by atoms with E-state index in [-0.39, 0.29) is 94.4 Å². The average molecular weight is 180 g/mol. The van der Waals surface area contributed by atoms with Crippen LogP contribution >= 0.6 is 13.5 Å². The molecule has 6 heavy (non-hydrogen) atoms. The van der Waals surface area contributed by atoms with E-state index in [0.29, 0.717) is 16.2 Å². The molecule has 0 fully saturated rings. The van der Waals surface area contributed by atoms with Gasteiger partial charge in [-0.25, -0.2) is 0 Å². The van der Waals surface area contributed by atoms with Crippen LogP contribution in [0.25, 0.3) is 0 Å². The molecular weight excluding hydrogens is 171 g/mol. The second-order valence-electron chi connectivity index (χ2n) is 0. The fraction of sp³-hybridized carbons (Fsp3) is 0. The van der Waals surface area contributed by atoms with Crippen molar-refractivity contribution in [2.75, 3.05) is 0 Å². The molecule has 2 nitrogen and oxygen atoms in total.